The van der Waals surface area contributed by atoms with Crippen LogP contribution in [-0.4, -0.2) is 28.0 Å². The Morgan fingerprint density at radius 3 is 2.45 bits per heavy atom. The predicted molar refractivity (Wildman–Crippen MR) is 132 cm³/mol. The number of carbonyl (C=O) groups is 1. The molecule has 0 radical (unpaired) electrons. The molecule has 0 aliphatic rings. The Morgan fingerprint density at radius 1 is 1.10 bits per heavy atom. The number of benzene rings is 3. The number of hydrogen-bond donors (Lipinski definition) is 1. The van der Waals surface area contributed by atoms with Crippen molar-refractivity contribution in [3.63, 3.8) is 0 Å². The third kappa shape index (κ3) is 5.50. The van der Waals surface area contributed by atoms with E-state index in [9.17, 15) is 13.2 Å². The van der Waals surface area contributed by atoms with Crippen LogP contribution >= 0.6 is 34.2 Å². The van der Waals surface area contributed by atoms with Gasteiger partial charge in [-0.15, -0.1) is 0 Å². The first-order valence-electron chi connectivity index (χ1n) is 9.19. The molecule has 3 rings (SSSR count). The summed E-state index contributed by atoms with van der Waals surface area (Å²) in [6.07, 6.45) is 0. The van der Waals surface area contributed by atoms with E-state index in [-0.39, 0.29) is 16.3 Å². The fraction of sp³-hybridized carbons (Fsp3) is 0.136. The minimum Gasteiger partial charge on any atom is -0.495 e. The highest BCUT2D eigenvalue weighted by atomic mass is 127. The van der Waals surface area contributed by atoms with Crippen LogP contribution in [0, 0.1) is 10.5 Å². The lowest BCUT2D eigenvalue weighted by molar-refractivity contribution is -0.114. The maximum absolute atomic E-state index is 13.5. The van der Waals surface area contributed by atoms with E-state index in [0.29, 0.717) is 10.7 Å². The number of carbonyl (C=O) groups excluding carboxylic acids is 1. The molecule has 0 aromatic heterocycles. The molecule has 1 N–H and O–H groups in total. The maximum Gasteiger partial charge on any atom is 0.264 e. The first-order valence-corrected chi connectivity index (χ1v) is 12.1. The number of halogens is 2. The van der Waals surface area contributed by atoms with E-state index in [1.54, 1.807) is 36.4 Å². The van der Waals surface area contributed by atoms with Gasteiger partial charge >= 0.3 is 0 Å². The van der Waals surface area contributed by atoms with Gasteiger partial charge < -0.3 is 10.1 Å². The number of rotatable bonds is 7. The number of sulfonamides is 1. The van der Waals surface area contributed by atoms with E-state index in [0.717, 1.165) is 13.4 Å². The van der Waals surface area contributed by atoms with Crippen molar-refractivity contribution in [3.8, 4) is 5.75 Å². The van der Waals surface area contributed by atoms with Gasteiger partial charge in [0.2, 0.25) is 5.91 Å². The fourth-order valence-electron chi connectivity index (χ4n) is 2.96. The lowest BCUT2D eigenvalue weighted by Crippen LogP contribution is -2.38. The SMILES string of the molecule is COc1ccc(Cl)cc1N(CC(=O)Nc1ccc(I)cc1C)S(=O)(=O)c1ccccc1. The quantitative estimate of drug-likeness (QED) is 0.401. The van der Waals surface area contributed by atoms with Crippen LogP contribution in [0.5, 0.6) is 5.75 Å². The highest BCUT2D eigenvalue weighted by Gasteiger charge is 2.29. The summed E-state index contributed by atoms with van der Waals surface area (Å²) in [5.41, 5.74) is 1.66. The summed E-state index contributed by atoms with van der Waals surface area (Å²) in [6.45, 7) is 1.41. The van der Waals surface area contributed by atoms with Crippen LogP contribution in [0.1, 0.15) is 5.56 Å². The van der Waals surface area contributed by atoms with E-state index in [1.807, 2.05) is 19.1 Å². The second-order valence-electron chi connectivity index (χ2n) is 6.65. The fourth-order valence-corrected chi connectivity index (χ4v) is 5.22. The third-order valence-corrected chi connectivity index (χ3v) is 7.17. The minimum atomic E-state index is -4.08. The number of amides is 1. The highest BCUT2D eigenvalue weighted by Crippen LogP contribution is 2.34. The van der Waals surface area contributed by atoms with Crippen LogP contribution in [0.15, 0.2) is 71.6 Å². The number of hydrogen-bond acceptors (Lipinski definition) is 4. The van der Waals surface area contributed by atoms with E-state index < -0.39 is 22.5 Å². The van der Waals surface area contributed by atoms with Gasteiger partial charge in [0.1, 0.15) is 12.3 Å². The molecular weight excluding hydrogens is 551 g/mol. The second kappa shape index (κ2) is 9.88. The molecule has 0 saturated carbocycles. The van der Waals surface area contributed by atoms with Crippen molar-refractivity contribution in [1.29, 1.82) is 0 Å². The van der Waals surface area contributed by atoms with Crippen LogP contribution in [-0.2, 0) is 14.8 Å². The molecule has 0 aliphatic heterocycles. The first kappa shape index (κ1) is 23.4. The molecule has 0 spiro atoms. The number of nitrogens with zero attached hydrogens (tertiary/aromatic N) is 1. The van der Waals surface area contributed by atoms with Gasteiger partial charge in [-0.2, -0.15) is 0 Å². The van der Waals surface area contributed by atoms with Crippen LogP contribution in [0.25, 0.3) is 0 Å². The molecule has 0 bridgehead atoms. The average Bonchev–Trinajstić information content (AvgIpc) is 2.74. The summed E-state index contributed by atoms with van der Waals surface area (Å²) in [5, 5.41) is 3.11. The van der Waals surface area contributed by atoms with Gasteiger partial charge in [0, 0.05) is 14.3 Å². The summed E-state index contributed by atoms with van der Waals surface area (Å²) in [4.78, 5) is 13.0. The molecule has 0 saturated heterocycles. The van der Waals surface area contributed by atoms with E-state index in [1.165, 1.54) is 25.3 Å². The first-order chi connectivity index (χ1) is 14.7. The monoisotopic (exact) mass is 570 g/mol. The summed E-state index contributed by atoms with van der Waals surface area (Å²) >= 11 is 8.32. The van der Waals surface area contributed by atoms with Gasteiger partial charge in [-0.25, -0.2) is 8.42 Å². The zero-order valence-electron chi connectivity index (χ0n) is 16.8. The normalized spacial score (nSPS) is 11.1. The molecule has 6 nitrogen and oxygen atoms in total. The van der Waals surface area contributed by atoms with Gasteiger partial charge in [0.25, 0.3) is 10.0 Å². The highest BCUT2D eigenvalue weighted by molar-refractivity contribution is 14.1. The number of nitrogens with one attached hydrogen (secondary N) is 1. The van der Waals surface area contributed by atoms with Crippen LogP contribution in [0.3, 0.4) is 0 Å². The third-order valence-electron chi connectivity index (χ3n) is 4.49. The van der Waals surface area contributed by atoms with Crippen LogP contribution in [0.4, 0.5) is 11.4 Å². The molecule has 3 aromatic rings. The number of aryl methyl sites for hydroxylation is 1. The van der Waals surface area contributed by atoms with E-state index in [4.69, 9.17) is 16.3 Å². The Kier molecular flexibility index (Phi) is 7.45. The second-order valence-corrected chi connectivity index (χ2v) is 10.2. The standard InChI is InChI=1S/C22H20ClIN2O4S/c1-15-12-17(24)9-10-19(15)25-22(27)14-26(20-13-16(23)8-11-21(20)30-2)31(28,29)18-6-4-3-5-7-18/h3-13H,14H2,1-2H3,(H,25,27). The maximum atomic E-state index is 13.5. The largest absolute Gasteiger partial charge is 0.495 e. The molecule has 0 atom stereocenters. The van der Waals surface area contributed by atoms with Crippen molar-refractivity contribution < 1.29 is 17.9 Å². The molecule has 3 aromatic carbocycles. The summed E-state index contributed by atoms with van der Waals surface area (Å²) in [7, 11) is -2.65. The van der Waals surface area contributed by atoms with Crippen molar-refractivity contribution in [2.24, 2.45) is 0 Å². The number of anilines is 2. The van der Waals surface area contributed by atoms with Crippen molar-refractivity contribution in [2.45, 2.75) is 11.8 Å². The van der Waals surface area contributed by atoms with Crippen molar-refractivity contribution in [2.75, 3.05) is 23.3 Å². The topological polar surface area (TPSA) is 75.7 Å². The molecule has 0 fully saturated rings. The Morgan fingerprint density at radius 2 is 1.81 bits per heavy atom. The zero-order valence-corrected chi connectivity index (χ0v) is 20.5. The summed E-state index contributed by atoms with van der Waals surface area (Å²) < 4.78 is 34.3. The molecule has 1 amide bonds. The van der Waals surface area contributed by atoms with Crippen molar-refractivity contribution >= 4 is 61.5 Å². The Bertz CT molecular complexity index is 1200. The minimum absolute atomic E-state index is 0.0512. The molecular formula is C22H20ClIN2O4S. The predicted octanol–water partition coefficient (Wildman–Crippen LogP) is 5.10. The van der Waals surface area contributed by atoms with E-state index >= 15 is 0 Å². The number of ether oxygens (including phenoxy) is 1. The number of methoxy groups -OCH3 is 1. The summed E-state index contributed by atoms with van der Waals surface area (Å²) in [6, 6.07) is 18.1. The zero-order chi connectivity index (χ0) is 22.6. The molecule has 162 valence electrons. The molecule has 0 unspecified atom stereocenters. The van der Waals surface area contributed by atoms with Gasteiger partial charge in [-0.05, 0) is 83.6 Å². The molecule has 0 heterocycles. The van der Waals surface area contributed by atoms with Crippen LogP contribution < -0.4 is 14.4 Å². The van der Waals surface area contributed by atoms with Crippen molar-refractivity contribution in [1.82, 2.24) is 0 Å². The lowest BCUT2D eigenvalue weighted by Gasteiger charge is -2.26. The van der Waals surface area contributed by atoms with E-state index in [2.05, 4.69) is 27.9 Å². The summed E-state index contributed by atoms with van der Waals surface area (Å²) in [5.74, 6) is -0.215. The Labute approximate surface area is 200 Å². The van der Waals surface area contributed by atoms with Gasteiger partial charge in [-0.1, -0.05) is 29.8 Å². The van der Waals surface area contributed by atoms with Gasteiger partial charge in [0.15, 0.2) is 0 Å². The Hall–Kier alpha value is -2.30. The van der Waals surface area contributed by atoms with Gasteiger partial charge in [-0.3, -0.25) is 9.10 Å². The lowest BCUT2D eigenvalue weighted by atomic mass is 10.2. The van der Waals surface area contributed by atoms with Crippen molar-refractivity contribution in [3.05, 3.63) is 80.9 Å². The smallest absolute Gasteiger partial charge is 0.264 e. The molecule has 0 aliphatic carbocycles. The molecule has 31 heavy (non-hydrogen) atoms. The Balaban J connectivity index is 2.02. The van der Waals surface area contributed by atoms with Crippen LogP contribution in [0.2, 0.25) is 5.02 Å². The average molecular weight is 571 g/mol. The van der Waals surface area contributed by atoms with Gasteiger partial charge in [0.05, 0.1) is 17.7 Å². The molecule has 9 heteroatoms.